The molecule has 2 aromatic carbocycles. The van der Waals surface area contributed by atoms with Gasteiger partial charge in [0, 0.05) is 32.7 Å². The van der Waals surface area contributed by atoms with Gasteiger partial charge in [0.1, 0.15) is 0 Å². The smallest absolute Gasteiger partial charge is 0.234 e. The minimum atomic E-state index is -0.0192. The molecule has 1 amide bonds. The van der Waals surface area contributed by atoms with Gasteiger partial charge in [0.25, 0.3) is 0 Å². The number of β-amino-alcohol motifs (C(OH)–C–C–N with tert-alkyl or cyclic N) is 1. The summed E-state index contributed by atoms with van der Waals surface area (Å²) in [6, 6.07) is 14.5. The molecule has 1 aliphatic rings. The zero-order valence-corrected chi connectivity index (χ0v) is 14.8. The summed E-state index contributed by atoms with van der Waals surface area (Å²) >= 11 is 0. The summed E-state index contributed by atoms with van der Waals surface area (Å²) in [6.07, 6.45) is 0. The average Bonchev–Trinajstić information content (AvgIpc) is 2.63. The van der Waals surface area contributed by atoms with Crippen molar-refractivity contribution in [1.29, 1.82) is 0 Å². The largest absolute Gasteiger partial charge is 0.395 e. The number of fused-ring (bicyclic) bond motifs is 1. The van der Waals surface area contributed by atoms with Crippen LogP contribution >= 0.6 is 0 Å². The van der Waals surface area contributed by atoms with Crippen LogP contribution in [0.1, 0.15) is 18.5 Å². The van der Waals surface area contributed by atoms with Gasteiger partial charge >= 0.3 is 0 Å². The van der Waals surface area contributed by atoms with Crippen molar-refractivity contribution in [1.82, 2.24) is 15.1 Å². The van der Waals surface area contributed by atoms with Crippen LogP contribution in [0.25, 0.3) is 10.8 Å². The first-order valence-electron chi connectivity index (χ1n) is 9.00. The lowest BCUT2D eigenvalue weighted by Crippen LogP contribution is -2.50. The summed E-state index contributed by atoms with van der Waals surface area (Å²) in [5, 5.41) is 14.5. The first-order chi connectivity index (χ1) is 12.2. The quantitative estimate of drug-likeness (QED) is 0.838. The van der Waals surface area contributed by atoms with Gasteiger partial charge in [-0.3, -0.25) is 14.6 Å². The normalized spacial score (nSPS) is 17.5. The molecule has 2 aromatic rings. The van der Waals surface area contributed by atoms with Crippen LogP contribution in [-0.4, -0.2) is 66.7 Å². The number of rotatable bonds is 6. The highest BCUT2D eigenvalue weighted by Crippen LogP contribution is 2.23. The molecule has 0 aliphatic carbocycles. The zero-order valence-electron chi connectivity index (χ0n) is 14.8. The SMILES string of the molecule is CC(NC(=O)CN1CCN(CCO)CC1)c1cccc2ccccc12. The number of piperazine rings is 1. The van der Waals surface area contributed by atoms with E-state index < -0.39 is 0 Å². The van der Waals surface area contributed by atoms with Crippen LogP contribution in [-0.2, 0) is 4.79 Å². The fourth-order valence-corrected chi connectivity index (χ4v) is 3.51. The average molecular weight is 341 g/mol. The Bertz CT molecular complexity index is 706. The molecule has 1 saturated heterocycles. The standard InChI is InChI=1S/C20H27N3O2/c1-16(18-8-4-6-17-5-2-3-7-19(17)18)21-20(25)15-23-11-9-22(10-12-23)13-14-24/h2-8,16,24H,9-15H2,1H3,(H,21,25). The second-order valence-electron chi connectivity index (χ2n) is 6.70. The third-order valence-electron chi connectivity index (χ3n) is 4.92. The van der Waals surface area contributed by atoms with Gasteiger partial charge in [-0.1, -0.05) is 42.5 Å². The molecule has 0 bridgehead atoms. The van der Waals surface area contributed by atoms with E-state index >= 15 is 0 Å². The van der Waals surface area contributed by atoms with Gasteiger partial charge in [0.15, 0.2) is 0 Å². The number of nitrogens with zero attached hydrogens (tertiary/aromatic N) is 2. The minimum Gasteiger partial charge on any atom is -0.395 e. The van der Waals surface area contributed by atoms with E-state index in [0.29, 0.717) is 6.54 Å². The molecule has 1 aliphatic heterocycles. The maximum Gasteiger partial charge on any atom is 0.234 e. The predicted octanol–water partition coefficient (Wildman–Crippen LogP) is 1.63. The minimum absolute atomic E-state index is 0.0192. The van der Waals surface area contributed by atoms with Gasteiger partial charge in [0.05, 0.1) is 19.2 Å². The number of aliphatic hydroxyl groups is 1. The van der Waals surface area contributed by atoms with E-state index in [4.69, 9.17) is 5.11 Å². The van der Waals surface area contributed by atoms with Gasteiger partial charge in [-0.15, -0.1) is 0 Å². The van der Waals surface area contributed by atoms with E-state index in [1.165, 1.54) is 10.8 Å². The summed E-state index contributed by atoms with van der Waals surface area (Å²) in [6.45, 7) is 6.95. The summed E-state index contributed by atoms with van der Waals surface area (Å²) in [5.41, 5.74) is 1.15. The van der Waals surface area contributed by atoms with Crippen molar-refractivity contribution < 1.29 is 9.90 Å². The Morgan fingerprint density at radius 1 is 1.08 bits per heavy atom. The molecule has 5 heteroatoms. The van der Waals surface area contributed by atoms with E-state index in [2.05, 4.69) is 39.4 Å². The molecule has 1 atom stereocenters. The number of amides is 1. The molecular weight excluding hydrogens is 314 g/mol. The van der Waals surface area contributed by atoms with Crippen LogP contribution in [0.2, 0.25) is 0 Å². The van der Waals surface area contributed by atoms with Crippen molar-refractivity contribution >= 4 is 16.7 Å². The molecular formula is C20H27N3O2. The topological polar surface area (TPSA) is 55.8 Å². The van der Waals surface area contributed by atoms with Crippen molar-refractivity contribution in [2.75, 3.05) is 45.9 Å². The van der Waals surface area contributed by atoms with Crippen LogP contribution in [0.5, 0.6) is 0 Å². The molecule has 3 rings (SSSR count). The summed E-state index contributed by atoms with van der Waals surface area (Å²) < 4.78 is 0. The lowest BCUT2D eigenvalue weighted by molar-refractivity contribution is -0.123. The van der Waals surface area contributed by atoms with Crippen LogP contribution < -0.4 is 5.32 Å². The molecule has 134 valence electrons. The second kappa shape index (κ2) is 8.43. The first-order valence-corrected chi connectivity index (χ1v) is 9.00. The molecule has 1 fully saturated rings. The predicted molar refractivity (Wildman–Crippen MR) is 100 cm³/mol. The lowest BCUT2D eigenvalue weighted by Gasteiger charge is -2.34. The van der Waals surface area contributed by atoms with Crippen molar-refractivity contribution in [2.45, 2.75) is 13.0 Å². The maximum atomic E-state index is 12.4. The Balaban J connectivity index is 1.56. The van der Waals surface area contributed by atoms with Crippen LogP contribution in [0, 0.1) is 0 Å². The fourth-order valence-electron chi connectivity index (χ4n) is 3.51. The summed E-state index contributed by atoms with van der Waals surface area (Å²) in [4.78, 5) is 16.8. The zero-order chi connectivity index (χ0) is 17.6. The first kappa shape index (κ1) is 17.9. The Hall–Kier alpha value is -1.95. The monoisotopic (exact) mass is 341 g/mol. The highest BCUT2D eigenvalue weighted by Gasteiger charge is 2.19. The van der Waals surface area contributed by atoms with Gasteiger partial charge in [0.2, 0.25) is 5.91 Å². The van der Waals surface area contributed by atoms with E-state index in [1.807, 2.05) is 25.1 Å². The lowest BCUT2D eigenvalue weighted by atomic mass is 10.00. The molecule has 0 aromatic heterocycles. The van der Waals surface area contributed by atoms with E-state index in [9.17, 15) is 4.79 Å². The van der Waals surface area contributed by atoms with Gasteiger partial charge < -0.3 is 10.4 Å². The number of carbonyl (C=O) groups excluding carboxylic acids is 1. The Morgan fingerprint density at radius 3 is 2.52 bits per heavy atom. The summed E-state index contributed by atoms with van der Waals surface area (Å²) in [7, 11) is 0. The molecule has 1 heterocycles. The van der Waals surface area contributed by atoms with Gasteiger partial charge in [-0.2, -0.15) is 0 Å². The van der Waals surface area contributed by atoms with E-state index in [1.54, 1.807) is 0 Å². The van der Waals surface area contributed by atoms with Crippen molar-refractivity contribution in [3.63, 3.8) is 0 Å². The van der Waals surface area contributed by atoms with Crippen LogP contribution in [0.15, 0.2) is 42.5 Å². The van der Waals surface area contributed by atoms with Crippen molar-refractivity contribution in [3.05, 3.63) is 48.0 Å². The van der Waals surface area contributed by atoms with Crippen LogP contribution in [0.3, 0.4) is 0 Å². The highest BCUT2D eigenvalue weighted by atomic mass is 16.3. The third-order valence-corrected chi connectivity index (χ3v) is 4.92. The number of nitrogens with one attached hydrogen (secondary N) is 1. The second-order valence-corrected chi connectivity index (χ2v) is 6.70. The molecule has 5 nitrogen and oxygen atoms in total. The van der Waals surface area contributed by atoms with E-state index in [-0.39, 0.29) is 18.6 Å². The Kier molecular flexibility index (Phi) is 6.02. The fraction of sp³-hybridized carbons (Fsp3) is 0.450. The molecule has 0 saturated carbocycles. The Morgan fingerprint density at radius 2 is 1.76 bits per heavy atom. The molecule has 2 N–H and O–H groups in total. The molecule has 25 heavy (non-hydrogen) atoms. The highest BCUT2D eigenvalue weighted by molar-refractivity contribution is 5.87. The number of hydrogen-bond acceptors (Lipinski definition) is 4. The van der Waals surface area contributed by atoms with Crippen LogP contribution in [0.4, 0.5) is 0 Å². The number of benzene rings is 2. The van der Waals surface area contributed by atoms with Gasteiger partial charge in [-0.25, -0.2) is 0 Å². The summed E-state index contributed by atoms with van der Waals surface area (Å²) in [5.74, 6) is 0.0658. The molecule has 0 radical (unpaired) electrons. The van der Waals surface area contributed by atoms with Crippen molar-refractivity contribution in [2.24, 2.45) is 0 Å². The number of aliphatic hydroxyl groups excluding tert-OH is 1. The molecule has 0 spiro atoms. The third kappa shape index (κ3) is 4.57. The maximum absolute atomic E-state index is 12.4. The molecule has 1 unspecified atom stereocenters. The van der Waals surface area contributed by atoms with Gasteiger partial charge in [-0.05, 0) is 23.3 Å². The number of hydrogen-bond donors (Lipinski definition) is 2. The van der Waals surface area contributed by atoms with E-state index in [0.717, 1.165) is 38.3 Å². The Labute approximate surface area is 149 Å². The van der Waals surface area contributed by atoms with Crippen molar-refractivity contribution in [3.8, 4) is 0 Å². The number of carbonyl (C=O) groups is 1.